The molecule has 44 heavy (non-hydrogen) atoms. The molecule has 0 N–H and O–H groups in total. The van der Waals surface area contributed by atoms with Gasteiger partial charge < -0.3 is 27.9 Å². The molecule has 0 spiro atoms. The summed E-state index contributed by atoms with van der Waals surface area (Å²) in [5.74, 6) is 0. The van der Waals surface area contributed by atoms with Gasteiger partial charge >= 0.3 is 80.9 Å². The molecule has 2 atom stereocenters. The summed E-state index contributed by atoms with van der Waals surface area (Å²) in [5.41, 5.74) is -1.45. The molecule has 0 aromatic rings. The maximum Gasteiger partial charge on any atom is 1.00 e. The summed E-state index contributed by atoms with van der Waals surface area (Å²) in [4.78, 5) is 23.0. The van der Waals surface area contributed by atoms with Gasteiger partial charge in [0, 0.05) is 0 Å². The zero-order valence-electron chi connectivity index (χ0n) is 30.7. The molecule has 0 aliphatic carbocycles. The molecule has 0 saturated carbocycles. The van der Waals surface area contributed by atoms with Gasteiger partial charge in [-0.25, -0.2) is 0 Å². The Morgan fingerprint density at radius 1 is 0.455 bits per heavy atom. The summed E-state index contributed by atoms with van der Waals surface area (Å²) < 4.78 is 42.5. The number of hydrogen-bond acceptors (Lipinski definition) is 8. The molecule has 0 aliphatic rings. The van der Waals surface area contributed by atoms with Crippen LogP contribution in [-0.4, -0.2) is 24.4 Å². The van der Waals surface area contributed by atoms with Crippen molar-refractivity contribution >= 4 is 15.6 Å². The van der Waals surface area contributed by atoms with Gasteiger partial charge in [-0.1, -0.05) is 129 Å². The summed E-state index contributed by atoms with van der Waals surface area (Å²) in [6.45, 7) is 15.1. The van der Waals surface area contributed by atoms with Crippen LogP contribution < -0.4 is 90.7 Å². The predicted octanol–water partition coefficient (Wildman–Crippen LogP) is 4.42. The first-order valence-corrected chi connectivity index (χ1v) is 19.8. The minimum absolute atomic E-state index is 0. The second-order valence-electron chi connectivity index (χ2n) is 13.3. The van der Waals surface area contributed by atoms with Gasteiger partial charge in [-0.2, -0.15) is 0 Å². The van der Waals surface area contributed by atoms with Crippen LogP contribution in [0.25, 0.3) is 0 Å². The molecule has 0 fully saturated rings. The largest absolute Gasteiger partial charge is 1.00 e. The number of unbranched alkanes of at least 4 members (excludes halogenated alkanes) is 18. The standard InChI is InChI=1S/2C16H35O4P.K.Na/c2*1-5-6-7-8-9-10-11-12-13-14-15-19-21(17,18)20-16(2,3)4;;/h2*5-15H2,1-4H3,(H,17,18);;/q;;2*+1/p-2. The van der Waals surface area contributed by atoms with Crippen molar-refractivity contribution < 1.29 is 118 Å². The van der Waals surface area contributed by atoms with E-state index in [0.29, 0.717) is 0 Å². The summed E-state index contributed by atoms with van der Waals surface area (Å²) in [7, 11) is -8.28. The van der Waals surface area contributed by atoms with Crippen LogP contribution in [0, 0.1) is 0 Å². The Morgan fingerprint density at radius 3 is 0.864 bits per heavy atom. The zero-order valence-corrected chi connectivity index (χ0v) is 37.6. The topological polar surface area (TPSA) is 117 Å². The van der Waals surface area contributed by atoms with Crippen LogP contribution in [0.4, 0.5) is 0 Å². The van der Waals surface area contributed by atoms with Gasteiger partial charge in [0.1, 0.15) is 0 Å². The van der Waals surface area contributed by atoms with Crippen LogP contribution in [0.2, 0.25) is 0 Å². The fourth-order valence-electron chi connectivity index (χ4n) is 4.26. The van der Waals surface area contributed by atoms with Gasteiger partial charge in [0.25, 0.3) is 15.6 Å². The molecule has 256 valence electrons. The van der Waals surface area contributed by atoms with E-state index >= 15 is 0 Å². The normalized spacial score (nSPS) is 14.4. The Morgan fingerprint density at radius 2 is 0.659 bits per heavy atom. The van der Waals surface area contributed by atoms with Crippen LogP contribution >= 0.6 is 15.6 Å². The Hall–Kier alpha value is 2.86. The molecule has 0 amide bonds. The second-order valence-corrected chi connectivity index (χ2v) is 16.0. The van der Waals surface area contributed by atoms with E-state index in [4.69, 9.17) is 18.1 Å². The van der Waals surface area contributed by atoms with Crippen molar-refractivity contribution in [3.05, 3.63) is 0 Å². The molecule has 0 rings (SSSR count). The van der Waals surface area contributed by atoms with E-state index in [1.54, 1.807) is 41.5 Å². The monoisotopic (exact) mass is 704 g/mol. The molecule has 2 unspecified atom stereocenters. The number of phosphoric ester groups is 2. The van der Waals surface area contributed by atoms with Crippen molar-refractivity contribution in [1.82, 2.24) is 0 Å². The van der Waals surface area contributed by atoms with Gasteiger partial charge in [-0.15, -0.1) is 0 Å². The minimum atomic E-state index is -4.14. The number of phosphoric acid groups is 2. The molecule has 0 saturated heterocycles. The first-order valence-electron chi connectivity index (χ1n) is 16.9. The molecule has 8 nitrogen and oxygen atoms in total. The van der Waals surface area contributed by atoms with Crippen molar-refractivity contribution in [1.29, 1.82) is 0 Å². The van der Waals surface area contributed by atoms with Gasteiger partial charge in [0.05, 0.1) is 24.4 Å². The minimum Gasteiger partial charge on any atom is -0.756 e. The fraction of sp³-hybridized carbons (Fsp3) is 1.00. The third-order valence-electron chi connectivity index (χ3n) is 6.27. The van der Waals surface area contributed by atoms with Crippen LogP contribution in [0.3, 0.4) is 0 Å². The smallest absolute Gasteiger partial charge is 0.756 e. The van der Waals surface area contributed by atoms with E-state index in [0.717, 1.165) is 38.5 Å². The molecule has 12 heteroatoms. The van der Waals surface area contributed by atoms with Crippen molar-refractivity contribution in [2.75, 3.05) is 13.2 Å². The van der Waals surface area contributed by atoms with Gasteiger partial charge in [-0.05, 0) is 54.4 Å². The van der Waals surface area contributed by atoms with Crippen molar-refractivity contribution in [2.45, 2.75) is 195 Å². The Balaban J connectivity index is -0.000000348. The molecule has 0 bridgehead atoms. The summed E-state index contributed by atoms with van der Waals surface area (Å²) in [5, 5.41) is 0. The Labute approximate surface area is 338 Å². The van der Waals surface area contributed by atoms with Crippen LogP contribution in [0.15, 0.2) is 0 Å². The van der Waals surface area contributed by atoms with E-state index in [1.807, 2.05) is 0 Å². The molecule has 0 radical (unpaired) electrons. The molecule has 0 aromatic heterocycles. The van der Waals surface area contributed by atoms with E-state index in [1.165, 1.54) is 89.9 Å². The average Bonchev–Trinajstić information content (AvgIpc) is 2.83. The SMILES string of the molecule is CCCCCCCCCCCCOP(=O)([O-])OC(C)(C)C.CCCCCCCCCCCCOP(=O)([O-])OC(C)(C)C.[K+].[Na+]. The predicted molar refractivity (Wildman–Crippen MR) is 172 cm³/mol. The summed E-state index contributed by atoms with van der Waals surface area (Å²) >= 11 is 0. The van der Waals surface area contributed by atoms with Gasteiger partial charge in [-0.3, -0.25) is 9.13 Å². The van der Waals surface area contributed by atoms with Crippen LogP contribution in [0.1, 0.15) is 184 Å². The van der Waals surface area contributed by atoms with Crippen molar-refractivity contribution in [3.63, 3.8) is 0 Å². The quantitative estimate of drug-likeness (QED) is 0.0739. The summed E-state index contributed by atoms with van der Waals surface area (Å²) in [6, 6.07) is 0. The third kappa shape index (κ3) is 47.0. The summed E-state index contributed by atoms with van der Waals surface area (Å²) in [6.07, 6.45) is 24.3. The fourth-order valence-corrected chi connectivity index (χ4v) is 6.41. The molecular formula is C32H68KNaO8P2. The molecule has 0 aromatic carbocycles. The van der Waals surface area contributed by atoms with Gasteiger partial charge in [0.2, 0.25) is 0 Å². The average molecular weight is 705 g/mol. The van der Waals surface area contributed by atoms with Crippen molar-refractivity contribution in [2.24, 2.45) is 0 Å². The number of rotatable bonds is 26. The van der Waals surface area contributed by atoms with E-state index in [-0.39, 0.29) is 94.2 Å². The second kappa shape index (κ2) is 33.0. The Bertz CT molecular complexity index is 645. The van der Waals surface area contributed by atoms with E-state index in [9.17, 15) is 18.9 Å². The first kappa shape index (κ1) is 53.6. The number of hydrogen-bond donors (Lipinski definition) is 0. The first-order chi connectivity index (χ1) is 19.5. The zero-order chi connectivity index (χ0) is 32.4. The maximum absolute atomic E-state index is 11.5. The van der Waals surface area contributed by atoms with E-state index in [2.05, 4.69) is 13.8 Å². The Kier molecular flexibility index (Phi) is 40.3. The third-order valence-corrected chi connectivity index (χ3v) is 8.81. The molecule has 0 aliphatic heterocycles. The van der Waals surface area contributed by atoms with Crippen LogP contribution in [0.5, 0.6) is 0 Å². The molecule has 0 heterocycles. The van der Waals surface area contributed by atoms with Crippen molar-refractivity contribution in [3.8, 4) is 0 Å². The van der Waals surface area contributed by atoms with Gasteiger partial charge in [0.15, 0.2) is 0 Å². The van der Waals surface area contributed by atoms with Crippen LogP contribution in [-0.2, 0) is 27.2 Å². The molecular weight excluding hydrogens is 636 g/mol. The van der Waals surface area contributed by atoms with E-state index < -0.39 is 26.8 Å². The maximum atomic E-state index is 11.5.